The number of rotatable bonds is 7. The Labute approximate surface area is 122 Å². The molecule has 0 fully saturated rings. The Morgan fingerprint density at radius 2 is 1.90 bits per heavy atom. The normalized spacial score (nSPS) is 14.0. The lowest BCUT2D eigenvalue weighted by Crippen LogP contribution is -2.25. The van der Waals surface area contributed by atoms with E-state index < -0.39 is 20.2 Å². The Morgan fingerprint density at radius 3 is 2.43 bits per heavy atom. The third kappa shape index (κ3) is 4.34. The molecule has 0 radical (unpaired) electrons. The molecule has 1 rings (SSSR count). The first-order chi connectivity index (χ1) is 9.74. The summed E-state index contributed by atoms with van der Waals surface area (Å²) < 4.78 is 61.0. The molecule has 1 aromatic carbocycles. The molecule has 0 heterocycles. The number of benzene rings is 1. The van der Waals surface area contributed by atoms with Crippen LogP contribution in [0.2, 0.25) is 0 Å². The number of hydrogen-bond acceptors (Lipinski definition) is 4. The van der Waals surface area contributed by atoms with Gasteiger partial charge in [0, 0.05) is 6.54 Å². The Morgan fingerprint density at radius 1 is 1.29 bits per heavy atom. The van der Waals surface area contributed by atoms with E-state index in [-0.39, 0.29) is 11.6 Å². The van der Waals surface area contributed by atoms with Crippen molar-refractivity contribution in [2.24, 2.45) is 11.7 Å². The molecule has 120 valence electrons. The number of anilines is 1. The van der Waals surface area contributed by atoms with Gasteiger partial charge in [0.1, 0.15) is 0 Å². The van der Waals surface area contributed by atoms with Gasteiger partial charge < -0.3 is 11.1 Å². The molecule has 1 aromatic rings. The highest BCUT2D eigenvalue weighted by atomic mass is 32.2. The van der Waals surface area contributed by atoms with E-state index >= 15 is 0 Å². The van der Waals surface area contributed by atoms with Gasteiger partial charge in [0.05, 0.1) is 10.6 Å². The van der Waals surface area contributed by atoms with Gasteiger partial charge in [0.25, 0.3) is 9.84 Å². The number of hydrogen-bond donors (Lipinski definition) is 2. The summed E-state index contributed by atoms with van der Waals surface area (Å²) in [7, 11) is -5.36. The highest BCUT2D eigenvalue weighted by molar-refractivity contribution is 7.92. The minimum atomic E-state index is -5.36. The topological polar surface area (TPSA) is 72.2 Å². The third-order valence-corrected chi connectivity index (χ3v) is 4.76. The molecule has 0 bridgehead atoms. The molecule has 0 amide bonds. The molecule has 0 saturated carbocycles. The monoisotopic (exact) mass is 324 g/mol. The second kappa shape index (κ2) is 7.13. The molecule has 0 spiro atoms. The quantitative estimate of drug-likeness (QED) is 0.809. The number of nitrogens with one attached hydrogen (secondary N) is 1. The van der Waals surface area contributed by atoms with Crippen LogP contribution in [0.1, 0.15) is 19.8 Å². The second-order valence-electron chi connectivity index (χ2n) is 4.68. The number of sulfone groups is 1. The predicted octanol–water partition coefficient (Wildman–Crippen LogP) is 2.77. The van der Waals surface area contributed by atoms with Crippen LogP contribution in [0.25, 0.3) is 0 Å². The van der Waals surface area contributed by atoms with Crippen LogP contribution in [0.5, 0.6) is 0 Å². The van der Waals surface area contributed by atoms with Gasteiger partial charge in [-0.1, -0.05) is 25.5 Å². The molecule has 8 heteroatoms. The van der Waals surface area contributed by atoms with Gasteiger partial charge in [-0.05, 0) is 31.0 Å². The number of para-hydroxylation sites is 1. The molecule has 3 N–H and O–H groups in total. The molecule has 0 aliphatic heterocycles. The zero-order valence-corrected chi connectivity index (χ0v) is 12.5. The average Bonchev–Trinajstić information content (AvgIpc) is 2.42. The van der Waals surface area contributed by atoms with Crippen molar-refractivity contribution >= 4 is 15.5 Å². The van der Waals surface area contributed by atoms with Gasteiger partial charge in [-0.2, -0.15) is 13.2 Å². The summed E-state index contributed by atoms with van der Waals surface area (Å²) in [5, 5.41) is 2.79. The minimum Gasteiger partial charge on any atom is -0.384 e. The smallest absolute Gasteiger partial charge is 0.384 e. The largest absolute Gasteiger partial charge is 0.501 e. The summed E-state index contributed by atoms with van der Waals surface area (Å²) >= 11 is 0. The minimum absolute atomic E-state index is 0.0368. The molecule has 21 heavy (non-hydrogen) atoms. The van der Waals surface area contributed by atoms with Gasteiger partial charge in [0.2, 0.25) is 0 Å². The molecule has 0 aliphatic rings. The molecule has 1 atom stereocenters. The van der Waals surface area contributed by atoms with Crippen molar-refractivity contribution in [2.75, 3.05) is 18.4 Å². The molecule has 1 unspecified atom stereocenters. The first-order valence-corrected chi connectivity index (χ1v) is 8.06. The van der Waals surface area contributed by atoms with Crippen LogP contribution in [0.4, 0.5) is 18.9 Å². The van der Waals surface area contributed by atoms with Crippen molar-refractivity contribution in [3.05, 3.63) is 24.3 Å². The van der Waals surface area contributed by atoms with Crippen LogP contribution in [0.3, 0.4) is 0 Å². The third-order valence-electron chi connectivity index (χ3n) is 3.21. The molecule has 0 aromatic heterocycles. The fourth-order valence-corrected chi connectivity index (χ4v) is 2.85. The van der Waals surface area contributed by atoms with E-state index in [1.54, 1.807) is 0 Å². The lowest BCUT2D eigenvalue weighted by Gasteiger charge is -2.18. The maximum absolute atomic E-state index is 12.7. The second-order valence-corrected chi connectivity index (χ2v) is 6.59. The van der Waals surface area contributed by atoms with Crippen molar-refractivity contribution in [1.82, 2.24) is 0 Å². The maximum Gasteiger partial charge on any atom is 0.501 e. The highest BCUT2D eigenvalue weighted by Gasteiger charge is 2.47. The van der Waals surface area contributed by atoms with Crippen molar-refractivity contribution < 1.29 is 21.6 Å². The van der Waals surface area contributed by atoms with Crippen LogP contribution < -0.4 is 11.1 Å². The summed E-state index contributed by atoms with van der Waals surface area (Å²) in [6.07, 6.45) is 1.52. The van der Waals surface area contributed by atoms with E-state index in [1.807, 2.05) is 6.92 Å². The standard InChI is InChI=1S/C13H19F3N2O2S/c1-2-10(7-8-17)9-18-11-5-3-4-6-12(11)21(19,20)13(14,15)16/h3-6,10,18H,2,7-9,17H2,1H3. The molecule has 0 aliphatic carbocycles. The molecular formula is C13H19F3N2O2S. The van der Waals surface area contributed by atoms with Crippen LogP contribution in [0, 0.1) is 5.92 Å². The zero-order valence-electron chi connectivity index (χ0n) is 11.7. The molecule has 0 saturated heterocycles. The van der Waals surface area contributed by atoms with Gasteiger partial charge in [-0.25, -0.2) is 8.42 Å². The average molecular weight is 324 g/mol. The maximum atomic E-state index is 12.7. The van der Waals surface area contributed by atoms with E-state index in [9.17, 15) is 21.6 Å². The summed E-state index contributed by atoms with van der Waals surface area (Å²) in [5.41, 5.74) is 0.108. The fourth-order valence-electron chi connectivity index (χ4n) is 1.91. The Bertz CT molecular complexity index is 559. The molecular weight excluding hydrogens is 305 g/mol. The summed E-state index contributed by atoms with van der Waals surface area (Å²) in [6.45, 7) is 2.79. The van der Waals surface area contributed by atoms with Crippen molar-refractivity contribution in [3.63, 3.8) is 0 Å². The highest BCUT2D eigenvalue weighted by Crippen LogP contribution is 2.34. The van der Waals surface area contributed by atoms with Gasteiger partial charge >= 0.3 is 5.51 Å². The first kappa shape index (κ1) is 17.8. The van der Waals surface area contributed by atoms with Crippen LogP contribution in [-0.2, 0) is 9.84 Å². The SMILES string of the molecule is CCC(CCN)CNc1ccccc1S(=O)(=O)C(F)(F)F. The van der Waals surface area contributed by atoms with E-state index in [0.717, 1.165) is 18.9 Å². The number of nitrogens with two attached hydrogens (primary N) is 1. The molecule has 4 nitrogen and oxygen atoms in total. The summed E-state index contributed by atoms with van der Waals surface area (Å²) in [4.78, 5) is -0.750. The van der Waals surface area contributed by atoms with Gasteiger partial charge in [-0.15, -0.1) is 0 Å². The predicted molar refractivity (Wildman–Crippen MR) is 75.6 cm³/mol. The Hall–Kier alpha value is -1.28. The van der Waals surface area contributed by atoms with E-state index in [0.29, 0.717) is 13.1 Å². The Kier molecular flexibility index (Phi) is 6.03. The summed E-state index contributed by atoms with van der Waals surface area (Å²) in [5.74, 6) is 0.177. The van der Waals surface area contributed by atoms with Crippen LogP contribution >= 0.6 is 0 Å². The summed E-state index contributed by atoms with van der Waals surface area (Å²) in [6, 6.07) is 5.03. The number of halogens is 3. The van der Waals surface area contributed by atoms with Crippen LogP contribution in [-0.4, -0.2) is 27.0 Å². The lowest BCUT2D eigenvalue weighted by molar-refractivity contribution is -0.0435. The van der Waals surface area contributed by atoms with E-state index in [1.165, 1.54) is 18.2 Å². The lowest BCUT2D eigenvalue weighted by atomic mass is 10.0. The number of alkyl halides is 3. The zero-order chi connectivity index (χ0) is 16.1. The van der Waals surface area contributed by atoms with E-state index in [4.69, 9.17) is 5.73 Å². The van der Waals surface area contributed by atoms with Crippen molar-refractivity contribution in [2.45, 2.75) is 30.2 Å². The van der Waals surface area contributed by atoms with E-state index in [2.05, 4.69) is 5.32 Å². The fraction of sp³-hybridized carbons (Fsp3) is 0.538. The Balaban J connectivity index is 3.01. The first-order valence-electron chi connectivity index (χ1n) is 6.58. The van der Waals surface area contributed by atoms with Crippen molar-refractivity contribution in [1.29, 1.82) is 0 Å². The van der Waals surface area contributed by atoms with Crippen molar-refractivity contribution in [3.8, 4) is 0 Å². The van der Waals surface area contributed by atoms with Gasteiger partial charge in [0.15, 0.2) is 0 Å². The van der Waals surface area contributed by atoms with Gasteiger partial charge in [-0.3, -0.25) is 0 Å². The van der Waals surface area contributed by atoms with Crippen LogP contribution in [0.15, 0.2) is 29.2 Å².